The van der Waals surface area contributed by atoms with Crippen molar-refractivity contribution >= 4 is 5.96 Å². The molecular weight excluding hydrogens is 345 g/mol. The van der Waals surface area contributed by atoms with Gasteiger partial charge in [0.25, 0.3) is 0 Å². The van der Waals surface area contributed by atoms with E-state index in [9.17, 15) is 4.39 Å². The minimum absolute atomic E-state index is 0.0175. The van der Waals surface area contributed by atoms with E-state index in [2.05, 4.69) is 34.2 Å². The fourth-order valence-electron chi connectivity index (χ4n) is 3.29. The van der Waals surface area contributed by atoms with Gasteiger partial charge in [-0.1, -0.05) is 26.0 Å². The summed E-state index contributed by atoms with van der Waals surface area (Å²) in [6.07, 6.45) is 3.82. The minimum atomic E-state index is -0.215. The zero-order valence-electron chi connectivity index (χ0n) is 16.4. The highest BCUT2D eigenvalue weighted by atomic mass is 19.1. The molecule has 0 aliphatic carbocycles. The fraction of sp³-hybridized carbons (Fsp3) is 0.500. The Bertz CT molecular complexity index is 784. The summed E-state index contributed by atoms with van der Waals surface area (Å²) in [5.74, 6) is 0.635. The first kappa shape index (κ1) is 19.4. The molecule has 0 spiro atoms. The van der Waals surface area contributed by atoms with E-state index >= 15 is 0 Å². The number of aromatic nitrogens is 2. The summed E-state index contributed by atoms with van der Waals surface area (Å²) in [4.78, 5) is 6.66. The number of guanidine groups is 1. The number of halogens is 1. The number of nitrogens with zero attached hydrogens (tertiary/aromatic N) is 4. The van der Waals surface area contributed by atoms with E-state index in [1.54, 1.807) is 11.7 Å². The minimum Gasteiger partial charge on any atom is -0.370 e. The largest absolute Gasteiger partial charge is 0.370 e. The predicted molar refractivity (Wildman–Crippen MR) is 104 cm³/mol. The Hall–Kier alpha value is -2.41. The molecule has 6 nitrogen and oxygen atoms in total. The summed E-state index contributed by atoms with van der Waals surface area (Å²) in [6, 6.07) is 6.69. The summed E-state index contributed by atoms with van der Waals surface area (Å²) in [7, 11) is 3.70. The molecule has 1 saturated heterocycles. The van der Waals surface area contributed by atoms with Crippen LogP contribution in [0.5, 0.6) is 0 Å². The Kier molecular flexibility index (Phi) is 5.79. The lowest BCUT2D eigenvalue weighted by molar-refractivity contribution is -0.00808. The molecule has 27 heavy (non-hydrogen) atoms. The van der Waals surface area contributed by atoms with Crippen molar-refractivity contribution in [1.29, 1.82) is 0 Å². The molecule has 146 valence electrons. The van der Waals surface area contributed by atoms with E-state index in [0.29, 0.717) is 13.2 Å². The summed E-state index contributed by atoms with van der Waals surface area (Å²) in [5, 5.41) is 7.71. The number of hydrogen-bond donors (Lipinski definition) is 1. The van der Waals surface area contributed by atoms with Crippen molar-refractivity contribution < 1.29 is 9.13 Å². The van der Waals surface area contributed by atoms with Gasteiger partial charge in [-0.3, -0.25) is 9.67 Å². The maximum absolute atomic E-state index is 13.2. The van der Waals surface area contributed by atoms with Crippen molar-refractivity contribution in [2.24, 2.45) is 12.0 Å². The lowest BCUT2D eigenvalue weighted by Crippen LogP contribution is -2.50. The summed E-state index contributed by atoms with van der Waals surface area (Å²) >= 11 is 0. The number of benzene rings is 1. The van der Waals surface area contributed by atoms with Crippen molar-refractivity contribution in [2.45, 2.75) is 25.4 Å². The van der Waals surface area contributed by atoms with Crippen LogP contribution in [0, 0.1) is 5.82 Å². The third-order valence-corrected chi connectivity index (χ3v) is 4.99. The van der Waals surface area contributed by atoms with E-state index in [1.807, 2.05) is 31.6 Å². The van der Waals surface area contributed by atoms with E-state index in [-0.39, 0.29) is 17.3 Å². The Morgan fingerprint density at radius 2 is 2.11 bits per heavy atom. The lowest BCUT2D eigenvalue weighted by atomic mass is 9.84. The van der Waals surface area contributed by atoms with E-state index in [4.69, 9.17) is 4.74 Å². The van der Waals surface area contributed by atoms with Crippen LogP contribution in [0.3, 0.4) is 0 Å². The first-order valence-corrected chi connectivity index (χ1v) is 9.21. The van der Waals surface area contributed by atoms with E-state index in [1.165, 1.54) is 12.1 Å². The van der Waals surface area contributed by atoms with Gasteiger partial charge >= 0.3 is 0 Å². The second-order valence-corrected chi connectivity index (χ2v) is 7.54. The van der Waals surface area contributed by atoms with Crippen molar-refractivity contribution in [2.75, 3.05) is 33.3 Å². The van der Waals surface area contributed by atoms with Gasteiger partial charge in [0.15, 0.2) is 5.96 Å². The zero-order valence-corrected chi connectivity index (χ0v) is 16.4. The fourth-order valence-corrected chi connectivity index (χ4v) is 3.29. The molecule has 2 aromatic rings. The monoisotopic (exact) mass is 373 g/mol. The third-order valence-electron chi connectivity index (χ3n) is 4.99. The zero-order chi connectivity index (χ0) is 19.4. The predicted octanol–water partition coefficient (Wildman–Crippen LogP) is 2.49. The quantitative estimate of drug-likeness (QED) is 0.661. The van der Waals surface area contributed by atoms with E-state index in [0.717, 1.165) is 30.2 Å². The van der Waals surface area contributed by atoms with Gasteiger partial charge in [0.1, 0.15) is 11.9 Å². The van der Waals surface area contributed by atoms with Gasteiger partial charge in [-0.15, -0.1) is 0 Å². The lowest BCUT2D eigenvalue weighted by Gasteiger charge is -2.36. The van der Waals surface area contributed by atoms with Crippen molar-refractivity contribution in [3.05, 3.63) is 53.6 Å². The topological polar surface area (TPSA) is 54.7 Å². The average Bonchev–Trinajstić information content (AvgIpc) is 3.09. The van der Waals surface area contributed by atoms with E-state index < -0.39 is 0 Å². The summed E-state index contributed by atoms with van der Waals surface area (Å²) in [5.41, 5.74) is 2.00. The molecule has 1 atom stereocenters. The normalized spacial score (nSPS) is 18.6. The van der Waals surface area contributed by atoms with Crippen LogP contribution in [0.15, 0.2) is 41.7 Å². The molecule has 1 aliphatic heterocycles. The molecule has 3 rings (SSSR count). The van der Waals surface area contributed by atoms with Crippen molar-refractivity contribution in [1.82, 2.24) is 20.0 Å². The van der Waals surface area contributed by atoms with Crippen LogP contribution in [-0.2, 0) is 17.2 Å². The van der Waals surface area contributed by atoms with Crippen LogP contribution in [0.2, 0.25) is 0 Å². The average molecular weight is 373 g/mol. The smallest absolute Gasteiger partial charge is 0.193 e. The number of nitrogens with one attached hydrogen (secondary N) is 1. The first-order chi connectivity index (χ1) is 12.9. The molecule has 1 aromatic carbocycles. The van der Waals surface area contributed by atoms with Gasteiger partial charge in [0.2, 0.25) is 0 Å². The van der Waals surface area contributed by atoms with Crippen LogP contribution in [0.25, 0.3) is 0 Å². The molecule has 0 radical (unpaired) electrons. The first-order valence-electron chi connectivity index (χ1n) is 9.21. The molecule has 7 heteroatoms. The molecule has 0 amide bonds. The highest BCUT2D eigenvalue weighted by molar-refractivity contribution is 5.80. The molecule has 1 aromatic heterocycles. The van der Waals surface area contributed by atoms with Crippen LogP contribution < -0.4 is 5.32 Å². The molecule has 0 bridgehead atoms. The maximum Gasteiger partial charge on any atom is 0.193 e. The molecule has 2 heterocycles. The Labute approximate surface area is 160 Å². The van der Waals surface area contributed by atoms with Crippen molar-refractivity contribution in [3.8, 4) is 0 Å². The molecular formula is C20H28FN5O. The molecule has 1 fully saturated rings. The van der Waals surface area contributed by atoms with Crippen molar-refractivity contribution in [3.63, 3.8) is 0 Å². The Morgan fingerprint density at radius 1 is 1.37 bits per heavy atom. The van der Waals surface area contributed by atoms with Crippen LogP contribution in [0.4, 0.5) is 4.39 Å². The maximum atomic E-state index is 13.2. The van der Waals surface area contributed by atoms with Gasteiger partial charge < -0.3 is 15.0 Å². The van der Waals surface area contributed by atoms with Gasteiger partial charge in [-0.25, -0.2) is 4.39 Å². The number of rotatable bonds is 4. The second kappa shape index (κ2) is 8.08. The van der Waals surface area contributed by atoms with Gasteiger partial charge in [-0.2, -0.15) is 5.10 Å². The second-order valence-electron chi connectivity index (χ2n) is 7.54. The number of aryl methyl sites for hydroxylation is 1. The van der Waals surface area contributed by atoms with Gasteiger partial charge in [0, 0.05) is 44.4 Å². The molecule has 1 unspecified atom stereocenters. The SMILES string of the molecule is CN=C(NCC(C)(C)c1ccc(F)cc1)N1CCOC(c2cnn(C)c2)C1. The van der Waals surface area contributed by atoms with Gasteiger partial charge in [-0.05, 0) is 17.7 Å². The molecule has 1 aliphatic rings. The highest BCUT2D eigenvalue weighted by Crippen LogP contribution is 2.24. The number of aliphatic imine (C=N–C) groups is 1. The Morgan fingerprint density at radius 3 is 2.74 bits per heavy atom. The van der Waals surface area contributed by atoms with Crippen LogP contribution >= 0.6 is 0 Å². The Balaban J connectivity index is 1.63. The third kappa shape index (κ3) is 4.66. The molecule has 1 N–H and O–H groups in total. The summed E-state index contributed by atoms with van der Waals surface area (Å²) in [6.45, 7) is 7.12. The van der Waals surface area contributed by atoms with Crippen LogP contribution in [-0.4, -0.2) is 53.9 Å². The van der Waals surface area contributed by atoms with Gasteiger partial charge in [0.05, 0.1) is 19.3 Å². The number of morpholine rings is 1. The number of ether oxygens (including phenoxy) is 1. The summed E-state index contributed by atoms with van der Waals surface area (Å²) < 4.78 is 20.9. The number of hydrogen-bond acceptors (Lipinski definition) is 3. The standard InChI is InChI=1S/C20H28FN5O/c1-20(2,16-5-7-17(21)8-6-16)14-23-19(22-3)26-9-10-27-18(13-26)15-11-24-25(4)12-15/h5-8,11-12,18H,9-10,13-14H2,1-4H3,(H,22,23). The highest BCUT2D eigenvalue weighted by Gasteiger charge is 2.27. The molecule has 0 saturated carbocycles. The van der Waals surface area contributed by atoms with Crippen LogP contribution in [0.1, 0.15) is 31.1 Å².